The molecule has 0 amide bonds. The lowest BCUT2D eigenvalue weighted by atomic mass is 10.1. The zero-order chi connectivity index (χ0) is 47.0. The molecule has 10 aromatic carbocycles. The fraction of sp³-hybridized carbons (Fsp3) is 0. The Morgan fingerprint density at radius 3 is 0.569 bits per heavy atom. The molecule has 16 rings (SSSR count). The molecular weight excluding hydrogens is 877 g/mol. The maximum Gasteiger partial charge on any atom is 0.131 e. The summed E-state index contributed by atoms with van der Waals surface area (Å²) < 4.78 is 15.0. The number of rotatable bonds is 6. The summed E-state index contributed by atoms with van der Waals surface area (Å²) in [6.45, 7) is 0. The van der Waals surface area contributed by atoms with Crippen LogP contribution in [0.4, 0.5) is 0 Å². The predicted molar refractivity (Wildman–Crippen MR) is 300 cm³/mol. The average molecular weight is 919 g/mol. The Labute approximate surface area is 412 Å². The number of aromatic nitrogens is 6. The van der Waals surface area contributed by atoms with Gasteiger partial charge in [0.2, 0.25) is 0 Å². The molecule has 6 nitrogen and oxygen atoms in total. The predicted octanol–water partition coefficient (Wildman–Crippen LogP) is 16.8. The molecule has 0 spiro atoms. The van der Waals surface area contributed by atoms with E-state index in [0.29, 0.717) is 0 Å². The number of hydrogen-bond acceptors (Lipinski definition) is 0. The van der Waals surface area contributed by atoms with Gasteiger partial charge < -0.3 is 0 Å². The first kappa shape index (κ1) is 39.1. The fourth-order valence-electron chi connectivity index (χ4n) is 12.4. The third-order valence-corrected chi connectivity index (χ3v) is 15.1. The first-order valence-electron chi connectivity index (χ1n) is 24.7. The van der Waals surface area contributed by atoms with Crippen LogP contribution < -0.4 is 0 Å². The summed E-state index contributed by atoms with van der Waals surface area (Å²) in [6, 6.07) is 93.3. The van der Waals surface area contributed by atoms with Gasteiger partial charge in [-0.15, -0.1) is 0 Å². The zero-order valence-electron chi connectivity index (χ0n) is 38.9. The molecule has 0 radical (unpaired) electrons. The first-order valence-corrected chi connectivity index (χ1v) is 24.7. The highest BCUT2D eigenvalue weighted by Gasteiger charge is 2.28. The summed E-state index contributed by atoms with van der Waals surface area (Å²) in [5, 5.41) is 11.0. The van der Waals surface area contributed by atoms with E-state index in [-0.39, 0.29) is 0 Å². The van der Waals surface area contributed by atoms with E-state index >= 15 is 0 Å². The van der Waals surface area contributed by atoms with Gasteiger partial charge in [0.15, 0.2) is 0 Å². The second-order valence-electron chi connectivity index (χ2n) is 18.9. The Balaban J connectivity index is 1.13. The Morgan fingerprint density at radius 2 is 0.347 bits per heavy atom. The van der Waals surface area contributed by atoms with Crippen LogP contribution in [-0.2, 0) is 0 Å². The number of benzene rings is 10. The molecule has 0 N–H and O–H groups in total. The van der Waals surface area contributed by atoms with E-state index in [4.69, 9.17) is 0 Å². The van der Waals surface area contributed by atoms with Crippen LogP contribution in [0.25, 0.3) is 133 Å². The van der Waals surface area contributed by atoms with Crippen molar-refractivity contribution in [3.63, 3.8) is 0 Å². The Bertz CT molecular complexity index is 4340. The topological polar surface area (TPSA) is 29.6 Å². The Hall–Kier alpha value is -9.78. The average Bonchev–Trinajstić information content (AvgIpc) is 4.28. The van der Waals surface area contributed by atoms with Crippen molar-refractivity contribution in [2.24, 2.45) is 0 Å². The van der Waals surface area contributed by atoms with Gasteiger partial charge in [-0.2, -0.15) is 0 Å². The van der Waals surface area contributed by atoms with Gasteiger partial charge in [0.25, 0.3) is 0 Å². The van der Waals surface area contributed by atoms with Gasteiger partial charge in [0.05, 0.1) is 50.2 Å². The van der Waals surface area contributed by atoms with Crippen molar-refractivity contribution in [1.82, 2.24) is 27.4 Å². The minimum absolute atomic E-state index is 1.05. The molecule has 6 aromatic heterocycles. The highest BCUT2D eigenvalue weighted by atomic mass is 15.2. The van der Waals surface area contributed by atoms with E-state index in [1.54, 1.807) is 0 Å². The van der Waals surface area contributed by atoms with Crippen LogP contribution in [0.1, 0.15) is 0 Å². The smallest absolute Gasteiger partial charge is 0.131 e. The molecule has 0 fully saturated rings. The molecule has 336 valence electrons. The van der Waals surface area contributed by atoms with Crippen LogP contribution in [0.15, 0.2) is 255 Å². The minimum Gasteiger partial charge on any atom is -0.295 e. The molecule has 0 bridgehead atoms. The summed E-state index contributed by atoms with van der Waals surface area (Å²) in [6.07, 6.45) is 0. The van der Waals surface area contributed by atoms with Crippen LogP contribution in [0.2, 0.25) is 0 Å². The van der Waals surface area contributed by atoms with E-state index in [1.165, 1.54) is 65.0 Å². The molecule has 0 saturated carbocycles. The largest absolute Gasteiger partial charge is 0.295 e. The Morgan fingerprint density at radius 1 is 0.167 bits per heavy atom. The van der Waals surface area contributed by atoms with E-state index < -0.39 is 0 Å². The second kappa shape index (κ2) is 14.9. The van der Waals surface area contributed by atoms with Crippen molar-refractivity contribution in [2.75, 3.05) is 0 Å². The molecule has 0 aliphatic rings. The summed E-state index contributed by atoms with van der Waals surface area (Å²) >= 11 is 0. The molecule has 6 heteroatoms. The van der Waals surface area contributed by atoms with Gasteiger partial charge in [-0.1, -0.05) is 164 Å². The molecular formula is C66H42N6. The van der Waals surface area contributed by atoms with Crippen molar-refractivity contribution in [1.29, 1.82) is 0 Å². The standard InChI is InChI=1S/C66H42N6/c1-4-22-43(23-5-1)67-55-34-16-10-28-49(55)61-52-31-13-19-37-58(52)70(64(61)67)46-40-47(71-59-38-20-14-32-53(59)62-50-29-11-17-35-56(50)68(65(62)71)44-24-6-2-7-25-44)42-48(41-46)72-60-39-21-15-33-54(60)63-51-30-12-18-36-57(51)69(66(63)72)45-26-8-3-9-27-45/h1-42H. The monoisotopic (exact) mass is 918 g/mol. The van der Waals surface area contributed by atoms with Crippen molar-refractivity contribution < 1.29 is 0 Å². The van der Waals surface area contributed by atoms with E-state index in [2.05, 4.69) is 282 Å². The van der Waals surface area contributed by atoms with Crippen molar-refractivity contribution in [3.05, 3.63) is 255 Å². The molecule has 6 heterocycles. The SMILES string of the molecule is c1ccc(-n2c3ccccc3c3c4ccccc4n(-c4cc(-n5c6ccccc6c6c7ccccc7n(-c7ccccc7)c65)cc(-n5c6ccccc6c6c7ccccc7n(-c7ccccc7)c65)c4)c32)cc1. The van der Waals surface area contributed by atoms with Crippen LogP contribution in [0.3, 0.4) is 0 Å². The number of hydrogen-bond donors (Lipinski definition) is 0. The number of nitrogens with zero attached hydrogens (tertiary/aromatic N) is 6. The molecule has 16 aromatic rings. The fourth-order valence-corrected chi connectivity index (χ4v) is 12.4. The van der Waals surface area contributed by atoms with Crippen LogP contribution in [-0.4, -0.2) is 27.4 Å². The van der Waals surface area contributed by atoms with Crippen LogP contribution >= 0.6 is 0 Å². The maximum absolute atomic E-state index is 2.52. The summed E-state index contributed by atoms with van der Waals surface area (Å²) in [7, 11) is 0. The molecule has 0 saturated heterocycles. The van der Waals surface area contributed by atoms with Gasteiger partial charge in [0.1, 0.15) is 16.9 Å². The third-order valence-electron chi connectivity index (χ3n) is 15.1. The van der Waals surface area contributed by atoms with E-state index in [0.717, 1.165) is 67.6 Å². The van der Waals surface area contributed by atoms with Crippen molar-refractivity contribution >= 4 is 98.5 Å². The highest BCUT2D eigenvalue weighted by molar-refractivity contribution is 6.25. The number of fused-ring (bicyclic) bond motifs is 15. The van der Waals surface area contributed by atoms with Crippen LogP contribution in [0, 0.1) is 0 Å². The van der Waals surface area contributed by atoms with Crippen molar-refractivity contribution in [2.45, 2.75) is 0 Å². The lowest BCUT2D eigenvalue weighted by molar-refractivity contribution is 1.02. The second-order valence-corrected chi connectivity index (χ2v) is 18.9. The maximum atomic E-state index is 2.52. The van der Waals surface area contributed by atoms with Crippen molar-refractivity contribution in [3.8, 4) is 34.1 Å². The molecule has 0 aliphatic heterocycles. The summed E-state index contributed by atoms with van der Waals surface area (Å²) in [5.41, 5.74) is 16.8. The first-order chi connectivity index (χ1) is 35.8. The molecule has 0 unspecified atom stereocenters. The third kappa shape index (κ3) is 5.27. The summed E-state index contributed by atoms with van der Waals surface area (Å²) in [5.74, 6) is 0. The molecule has 72 heavy (non-hydrogen) atoms. The number of para-hydroxylation sites is 9. The molecule has 0 atom stereocenters. The van der Waals surface area contributed by atoms with Crippen LogP contribution in [0.5, 0.6) is 0 Å². The lowest BCUT2D eigenvalue weighted by Gasteiger charge is -2.19. The van der Waals surface area contributed by atoms with Gasteiger partial charge in [-0.3, -0.25) is 27.4 Å². The lowest BCUT2D eigenvalue weighted by Crippen LogP contribution is -2.07. The quantitative estimate of drug-likeness (QED) is 0.159. The van der Waals surface area contributed by atoms with Gasteiger partial charge >= 0.3 is 0 Å². The van der Waals surface area contributed by atoms with Gasteiger partial charge in [-0.05, 0) is 91.0 Å². The highest BCUT2D eigenvalue weighted by Crippen LogP contribution is 2.46. The summed E-state index contributed by atoms with van der Waals surface area (Å²) in [4.78, 5) is 0. The van der Waals surface area contributed by atoms with E-state index in [1.807, 2.05) is 0 Å². The Kier molecular flexibility index (Phi) is 8.07. The van der Waals surface area contributed by atoms with E-state index in [9.17, 15) is 0 Å². The molecule has 0 aliphatic carbocycles. The van der Waals surface area contributed by atoms with Gasteiger partial charge in [0, 0.05) is 65.5 Å². The normalized spacial score (nSPS) is 12.2. The zero-order valence-corrected chi connectivity index (χ0v) is 38.9. The minimum atomic E-state index is 1.05. The van der Waals surface area contributed by atoms with Gasteiger partial charge in [-0.25, -0.2) is 0 Å².